The Bertz CT molecular complexity index is 669. The summed E-state index contributed by atoms with van der Waals surface area (Å²) in [6, 6.07) is 6.79. The van der Waals surface area contributed by atoms with Crippen LogP contribution >= 0.6 is 11.3 Å². The second-order valence-electron chi connectivity index (χ2n) is 4.63. The Morgan fingerprint density at radius 1 is 1.38 bits per heavy atom. The minimum absolute atomic E-state index is 0.309. The van der Waals surface area contributed by atoms with Crippen LogP contribution in [0, 0.1) is 0 Å². The van der Waals surface area contributed by atoms with Crippen molar-refractivity contribution in [1.82, 2.24) is 15.0 Å². The van der Waals surface area contributed by atoms with Gasteiger partial charge in [0.25, 0.3) is 0 Å². The van der Waals surface area contributed by atoms with E-state index in [4.69, 9.17) is 0 Å². The van der Waals surface area contributed by atoms with Crippen LogP contribution in [0.5, 0.6) is 0 Å². The molecule has 114 valence electrons. The summed E-state index contributed by atoms with van der Waals surface area (Å²) in [5.74, 6) is 0. The van der Waals surface area contributed by atoms with Crippen LogP contribution in [0.25, 0.3) is 0 Å². The molecule has 7 heteroatoms. The van der Waals surface area contributed by atoms with E-state index in [2.05, 4.69) is 15.0 Å². The molecule has 0 fully saturated rings. The molecule has 0 aliphatic heterocycles. The normalized spacial score (nSPS) is 13.2. The van der Waals surface area contributed by atoms with Gasteiger partial charge in [-0.25, -0.2) is 13.1 Å². The van der Waals surface area contributed by atoms with E-state index in [0.717, 1.165) is 11.4 Å². The molecular weight excluding hydrogens is 306 g/mol. The third-order valence-electron chi connectivity index (χ3n) is 2.95. The Balaban J connectivity index is 2.09. The highest BCUT2D eigenvalue weighted by atomic mass is 32.2. The predicted molar refractivity (Wildman–Crippen MR) is 84.7 cm³/mol. The SMILES string of the molecule is CCNCc1cc(S(=O)(=O)NC(C)c2ccccn2)cs1. The minimum atomic E-state index is -3.52. The van der Waals surface area contributed by atoms with E-state index < -0.39 is 10.0 Å². The van der Waals surface area contributed by atoms with Gasteiger partial charge >= 0.3 is 0 Å². The van der Waals surface area contributed by atoms with E-state index in [1.807, 2.05) is 13.0 Å². The van der Waals surface area contributed by atoms with E-state index in [-0.39, 0.29) is 6.04 Å². The average molecular weight is 325 g/mol. The van der Waals surface area contributed by atoms with Crippen LogP contribution in [0.2, 0.25) is 0 Å². The molecule has 0 aliphatic rings. The molecule has 0 amide bonds. The number of hydrogen-bond donors (Lipinski definition) is 2. The third kappa shape index (κ3) is 4.34. The van der Waals surface area contributed by atoms with Crippen molar-refractivity contribution in [3.8, 4) is 0 Å². The quantitative estimate of drug-likeness (QED) is 0.819. The molecule has 2 rings (SSSR count). The van der Waals surface area contributed by atoms with E-state index >= 15 is 0 Å². The summed E-state index contributed by atoms with van der Waals surface area (Å²) in [6.07, 6.45) is 1.65. The summed E-state index contributed by atoms with van der Waals surface area (Å²) < 4.78 is 27.4. The first-order chi connectivity index (χ1) is 10.0. The molecule has 2 aromatic heterocycles. The number of nitrogens with one attached hydrogen (secondary N) is 2. The number of rotatable bonds is 7. The first-order valence-corrected chi connectivity index (χ1v) is 9.10. The lowest BCUT2D eigenvalue weighted by Crippen LogP contribution is -2.27. The zero-order chi connectivity index (χ0) is 15.3. The molecule has 0 aromatic carbocycles. The molecule has 2 N–H and O–H groups in total. The minimum Gasteiger partial charge on any atom is -0.312 e. The van der Waals surface area contributed by atoms with Gasteiger partial charge in [0, 0.05) is 23.0 Å². The molecule has 1 unspecified atom stereocenters. The van der Waals surface area contributed by atoms with E-state index in [1.165, 1.54) is 11.3 Å². The molecule has 5 nitrogen and oxygen atoms in total. The summed E-state index contributed by atoms with van der Waals surface area (Å²) in [7, 11) is -3.52. The van der Waals surface area contributed by atoms with E-state index in [9.17, 15) is 8.42 Å². The molecular formula is C14H19N3O2S2. The number of aromatic nitrogens is 1. The van der Waals surface area contributed by atoms with Crippen molar-refractivity contribution in [3.05, 3.63) is 46.4 Å². The van der Waals surface area contributed by atoms with Crippen molar-refractivity contribution in [2.45, 2.75) is 31.3 Å². The van der Waals surface area contributed by atoms with Gasteiger partial charge in [0.2, 0.25) is 10.0 Å². The molecule has 0 aliphatic carbocycles. The van der Waals surface area contributed by atoms with Gasteiger partial charge in [0.05, 0.1) is 16.6 Å². The molecule has 0 radical (unpaired) electrons. The maximum atomic E-state index is 12.4. The molecule has 0 bridgehead atoms. The second-order valence-corrected chi connectivity index (χ2v) is 7.34. The fourth-order valence-corrected chi connectivity index (χ4v) is 4.30. The fourth-order valence-electron chi connectivity index (χ4n) is 1.84. The number of thiophene rings is 1. The van der Waals surface area contributed by atoms with Crippen molar-refractivity contribution in [2.75, 3.05) is 6.54 Å². The summed E-state index contributed by atoms with van der Waals surface area (Å²) in [5, 5.41) is 4.85. The molecule has 2 heterocycles. The number of nitrogens with zero attached hydrogens (tertiary/aromatic N) is 1. The highest BCUT2D eigenvalue weighted by Gasteiger charge is 2.20. The summed E-state index contributed by atoms with van der Waals surface area (Å²) in [5.41, 5.74) is 0.698. The smallest absolute Gasteiger partial charge is 0.242 e. The van der Waals surface area contributed by atoms with Crippen molar-refractivity contribution in [3.63, 3.8) is 0 Å². The van der Waals surface area contributed by atoms with E-state index in [1.54, 1.807) is 36.7 Å². The van der Waals surface area contributed by atoms with Crippen LogP contribution < -0.4 is 10.0 Å². The fraction of sp³-hybridized carbons (Fsp3) is 0.357. The maximum Gasteiger partial charge on any atom is 0.242 e. The van der Waals surface area contributed by atoms with Gasteiger partial charge in [0.15, 0.2) is 0 Å². The largest absolute Gasteiger partial charge is 0.312 e. The molecule has 0 saturated carbocycles. The standard InChI is InChI=1S/C14H19N3O2S2/c1-3-15-9-12-8-13(10-20-12)21(18,19)17-11(2)14-6-4-5-7-16-14/h4-8,10-11,15,17H,3,9H2,1-2H3. The number of hydrogen-bond acceptors (Lipinski definition) is 5. The first kappa shape index (κ1) is 16.1. The Kier molecular flexibility index (Phi) is 5.46. The lowest BCUT2D eigenvalue weighted by Gasteiger charge is -2.12. The van der Waals surface area contributed by atoms with Gasteiger partial charge in [-0.15, -0.1) is 11.3 Å². The molecule has 2 aromatic rings. The second kappa shape index (κ2) is 7.13. The van der Waals surface area contributed by atoms with Crippen LogP contribution in [0.1, 0.15) is 30.5 Å². The van der Waals surface area contributed by atoms with Crippen molar-refractivity contribution < 1.29 is 8.42 Å². The number of sulfonamides is 1. The lowest BCUT2D eigenvalue weighted by molar-refractivity contribution is 0.564. The Hall–Kier alpha value is -1.28. The van der Waals surface area contributed by atoms with E-state index in [0.29, 0.717) is 17.1 Å². The Labute approximate surface area is 129 Å². The van der Waals surface area contributed by atoms with Crippen molar-refractivity contribution in [1.29, 1.82) is 0 Å². The molecule has 21 heavy (non-hydrogen) atoms. The zero-order valence-corrected chi connectivity index (χ0v) is 13.7. The van der Waals surface area contributed by atoms with Crippen LogP contribution in [-0.4, -0.2) is 19.9 Å². The average Bonchev–Trinajstić information content (AvgIpc) is 2.95. The Morgan fingerprint density at radius 2 is 2.19 bits per heavy atom. The monoisotopic (exact) mass is 325 g/mol. The highest BCUT2D eigenvalue weighted by molar-refractivity contribution is 7.89. The predicted octanol–water partition coefficient (Wildman–Crippen LogP) is 2.29. The topological polar surface area (TPSA) is 71.1 Å². The van der Waals surface area contributed by atoms with Gasteiger partial charge in [-0.3, -0.25) is 4.98 Å². The highest BCUT2D eigenvalue weighted by Crippen LogP contribution is 2.21. The maximum absolute atomic E-state index is 12.4. The van der Waals surface area contributed by atoms with Gasteiger partial charge in [0.1, 0.15) is 0 Å². The van der Waals surface area contributed by atoms with Crippen LogP contribution in [0.3, 0.4) is 0 Å². The third-order valence-corrected chi connectivity index (χ3v) is 5.56. The lowest BCUT2D eigenvalue weighted by atomic mass is 10.2. The van der Waals surface area contributed by atoms with Gasteiger partial charge in [-0.1, -0.05) is 13.0 Å². The number of pyridine rings is 1. The summed E-state index contributed by atoms with van der Waals surface area (Å²) in [6.45, 7) is 5.34. The van der Waals surface area contributed by atoms with Gasteiger partial charge < -0.3 is 5.32 Å². The first-order valence-electron chi connectivity index (χ1n) is 6.74. The van der Waals surface area contributed by atoms with Gasteiger partial charge in [-0.2, -0.15) is 0 Å². The van der Waals surface area contributed by atoms with Crippen LogP contribution in [-0.2, 0) is 16.6 Å². The molecule has 0 spiro atoms. The molecule has 1 atom stereocenters. The molecule has 0 saturated heterocycles. The van der Waals surface area contributed by atoms with Crippen LogP contribution in [0.15, 0.2) is 40.7 Å². The van der Waals surface area contributed by atoms with Gasteiger partial charge in [-0.05, 0) is 31.7 Å². The van der Waals surface area contributed by atoms with Crippen molar-refractivity contribution >= 4 is 21.4 Å². The van der Waals surface area contributed by atoms with Crippen LogP contribution in [0.4, 0.5) is 0 Å². The summed E-state index contributed by atoms with van der Waals surface area (Å²) in [4.78, 5) is 5.48. The van der Waals surface area contributed by atoms with Crippen molar-refractivity contribution in [2.24, 2.45) is 0 Å². The summed E-state index contributed by atoms with van der Waals surface area (Å²) >= 11 is 1.44. The Morgan fingerprint density at radius 3 is 2.86 bits per heavy atom. The zero-order valence-electron chi connectivity index (χ0n) is 12.0.